The van der Waals surface area contributed by atoms with E-state index in [2.05, 4.69) is 6.92 Å². The fourth-order valence-corrected chi connectivity index (χ4v) is 3.44. The third kappa shape index (κ3) is 4.22. The van der Waals surface area contributed by atoms with Crippen molar-refractivity contribution in [3.63, 3.8) is 0 Å². The van der Waals surface area contributed by atoms with Crippen molar-refractivity contribution in [3.8, 4) is 0 Å². The molecule has 0 aromatic heterocycles. The predicted octanol–water partition coefficient (Wildman–Crippen LogP) is 1.91. The standard InChI is InChI=1S/C17H30N2O3/c1-4-22-14(3)16(20)19-9-5-6-15(12-19)17(21)18-10-7-13(2)8-11-18/h13-15H,4-12H2,1-3H3/t14-,15+/m1/s1. The maximum Gasteiger partial charge on any atom is 0.251 e. The van der Waals surface area contributed by atoms with E-state index in [-0.39, 0.29) is 17.7 Å². The van der Waals surface area contributed by atoms with Crippen LogP contribution in [0.3, 0.4) is 0 Å². The molecule has 0 aliphatic carbocycles. The Balaban J connectivity index is 1.89. The van der Waals surface area contributed by atoms with Crippen LogP contribution in [0.15, 0.2) is 0 Å². The Morgan fingerprint density at radius 2 is 1.82 bits per heavy atom. The summed E-state index contributed by atoms with van der Waals surface area (Å²) in [5.41, 5.74) is 0. The van der Waals surface area contributed by atoms with E-state index in [9.17, 15) is 9.59 Å². The number of nitrogens with zero attached hydrogens (tertiary/aromatic N) is 2. The highest BCUT2D eigenvalue weighted by Crippen LogP contribution is 2.23. The van der Waals surface area contributed by atoms with Gasteiger partial charge in [0, 0.05) is 32.8 Å². The van der Waals surface area contributed by atoms with E-state index in [1.807, 2.05) is 16.7 Å². The normalized spacial score (nSPS) is 25.1. The molecule has 2 aliphatic rings. The molecule has 0 aromatic carbocycles. The number of likely N-dealkylation sites (tertiary alicyclic amines) is 2. The first-order chi connectivity index (χ1) is 10.5. The smallest absolute Gasteiger partial charge is 0.251 e. The van der Waals surface area contributed by atoms with Gasteiger partial charge in [-0.2, -0.15) is 0 Å². The van der Waals surface area contributed by atoms with Gasteiger partial charge >= 0.3 is 0 Å². The zero-order valence-corrected chi connectivity index (χ0v) is 14.2. The SMILES string of the molecule is CCO[C@H](C)C(=O)N1CCC[C@H](C(=O)N2CCC(C)CC2)C1. The van der Waals surface area contributed by atoms with Gasteiger partial charge in [0.25, 0.3) is 5.91 Å². The van der Waals surface area contributed by atoms with Gasteiger partial charge in [0.2, 0.25) is 5.91 Å². The zero-order chi connectivity index (χ0) is 16.1. The van der Waals surface area contributed by atoms with E-state index in [0.717, 1.165) is 51.2 Å². The molecular formula is C17H30N2O3. The molecule has 2 fully saturated rings. The Hall–Kier alpha value is -1.10. The van der Waals surface area contributed by atoms with E-state index in [4.69, 9.17) is 4.74 Å². The molecule has 0 unspecified atom stereocenters. The van der Waals surface area contributed by atoms with Crippen LogP contribution in [0.4, 0.5) is 0 Å². The average Bonchev–Trinajstić information content (AvgIpc) is 2.54. The van der Waals surface area contributed by atoms with Crippen LogP contribution in [0.1, 0.15) is 46.5 Å². The van der Waals surface area contributed by atoms with E-state index in [1.165, 1.54) is 0 Å². The number of amides is 2. The maximum absolute atomic E-state index is 12.7. The summed E-state index contributed by atoms with van der Waals surface area (Å²) in [7, 11) is 0. The topological polar surface area (TPSA) is 49.9 Å². The lowest BCUT2D eigenvalue weighted by Gasteiger charge is -2.38. The number of ether oxygens (including phenoxy) is 1. The molecule has 22 heavy (non-hydrogen) atoms. The Labute approximate surface area is 134 Å². The van der Waals surface area contributed by atoms with Crippen molar-refractivity contribution in [1.29, 1.82) is 0 Å². The molecule has 5 heteroatoms. The van der Waals surface area contributed by atoms with Crippen LogP contribution < -0.4 is 0 Å². The van der Waals surface area contributed by atoms with Gasteiger partial charge in [-0.05, 0) is 45.4 Å². The molecule has 2 amide bonds. The molecule has 0 bridgehead atoms. The summed E-state index contributed by atoms with van der Waals surface area (Å²) in [6.45, 7) is 9.53. The van der Waals surface area contributed by atoms with E-state index in [0.29, 0.717) is 13.2 Å². The lowest BCUT2D eigenvalue weighted by Crippen LogP contribution is -2.50. The summed E-state index contributed by atoms with van der Waals surface area (Å²) in [4.78, 5) is 28.9. The van der Waals surface area contributed by atoms with Crippen molar-refractivity contribution in [2.45, 2.75) is 52.6 Å². The second kappa shape index (κ2) is 7.95. The van der Waals surface area contributed by atoms with Crippen LogP contribution in [0.25, 0.3) is 0 Å². The van der Waals surface area contributed by atoms with Gasteiger partial charge in [-0.3, -0.25) is 9.59 Å². The highest BCUT2D eigenvalue weighted by atomic mass is 16.5. The average molecular weight is 310 g/mol. The number of piperidine rings is 2. The minimum absolute atomic E-state index is 0.0200. The molecule has 2 rings (SSSR count). The van der Waals surface area contributed by atoms with E-state index < -0.39 is 6.10 Å². The van der Waals surface area contributed by atoms with Gasteiger partial charge in [0.05, 0.1) is 5.92 Å². The molecule has 5 nitrogen and oxygen atoms in total. The second-order valence-electron chi connectivity index (χ2n) is 6.73. The molecule has 2 saturated heterocycles. The highest BCUT2D eigenvalue weighted by molar-refractivity contribution is 5.83. The fourth-order valence-electron chi connectivity index (χ4n) is 3.44. The summed E-state index contributed by atoms with van der Waals surface area (Å²) < 4.78 is 5.39. The minimum Gasteiger partial charge on any atom is -0.369 e. The number of rotatable bonds is 4. The zero-order valence-electron chi connectivity index (χ0n) is 14.2. The van der Waals surface area contributed by atoms with Crippen molar-refractivity contribution in [2.75, 3.05) is 32.8 Å². The predicted molar refractivity (Wildman–Crippen MR) is 85.4 cm³/mol. The number of carbonyl (C=O) groups excluding carboxylic acids is 2. The second-order valence-corrected chi connectivity index (χ2v) is 6.73. The quantitative estimate of drug-likeness (QED) is 0.797. The summed E-state index contributed by atoms with van der Waals surface area (Å²) in [5.74, 6) is 0.959. The Morgan fingerprint density at radius 3 is 2.45 bits per heavy atom. The number of carbonyl (C=O) groups is 2. The van der Waals surface area contributed by atoms with Crippen molar-refractivity contribution < 1.29 is 14.3 Å². The molecule has 2 heterocycles. The van der Waals surface area contributed by atoms with E-state index >= 15 is 0 Å². The molecule has 0 N–H and O–H groups in total. The van der Waals surface area contributed by atoms with Gasteiger partial charge in [0.1, 0.15) is 6.10 Å². The summed E-state index contributed by atoms with van der Waals surface area (Å²) >= 11 is 0. The third-order valence-corrected chi connectivity index (χ3v) is 4.94. The van der Waals surface area contributed by atoms with Gasteiger partial charge in [-0.25, -0.2) is 0 Å². The van der Waals surface area contributed by atoms with Crippen molar-refractivity contribution in [3.05, 3.63) is 0 Å². The van der Waals surface area contributed by atoms with Crippen LogP contribution in [0.5, 0.6) is 0 Å². The van der Waals surface area contributed by atoms with Crippen LogP contribution >= 0.6 is 0 Å². The summed E-state index contributed by atoms with van der Waals surface area (Å²) in [6, 6.07) is 0. The monoisotopic (exact) mass is 310 g/mol. The minimum atomic E-state index is -0.408. The Bertz CT molecular complexity index is 391. The van der Waals surface area contributed by atoms with Gasteiger partial charge < -0.3 is 14.5 Å². The maximum atomic E-state index is 12.7. The van der Waals surface area contributed by atoms with Crippen molar-refractivity contribution in [1.82, 2.24) is 9.80 Å². The Morgan fingerprint density at radius 1 is 1.14 bits per heavy atom. The Kier molecular flexibility index (Phi) is 6.24. The molecule has 0 spiro atoms. The first-order valence-electron chi connectivity index (χ1n) is 8.72. The van der Waals surface area contributed by atoms with Crippen molar-refractivity contribution >= 4 is 11.8 Å². The third-order valence-electron chi connectivity index (χ3n) is 4.94. The fraction of sp³-hybridized carbons (Fsp3) is 0.882. The molecule has 2 atom stereocenters. The van der Waals surface area contributed by atoms with Crippen molar-refractivity contribution in [2.24, 2.45) is 11.8 Å². The van der Waals surface area contributed by atoms with E-state index in [1.54, 1.807) is 6.92 Å². The lowest BCUT2D eigenvalue weighted by molar-refractivity contribution is -0.147. The van der Waals surface area contributed by atoms with Crippen LogP contribution in [-0.4, -0.2) is 60.5 Å². The van der Waals surface area contributed by atoms with Gasteiger partial charge in [0.15, 0.2) is 0 Å². The highest BCUT2D eigenvalue weighted by Gasteiger charge is 2.33. The largest absolute Gasteiger partial charge is 0.369 e. The molecule has 2 aliphatic heterocycles. The van der Waals surface area contributed by atoms with Gasteiger partial charge in [-0.15, -0.1) is 0 Å². The number of hydrogen-bond donors (Lipinski definition) is 0. The van der Waals surface area contributed by atoms with Crippen LogP contribution in [0, 0.1) is 11.8 Å². The molecule has 126 valence electrons. The van der Waals surface area contributed by atoms with Crippen LogP contribution in [0.2, 0.25) is 0 Å². The summed E-state index contributed by atoms with van der Waals surface area (Å²) in [6.07, 6.45) is 3.60. The number of hydrogen-bond acceptors (Lipinski definition) is 3. The summed E-state index contributed by atoms with van der Waals surface area (Å²) in [5, 5.41) is 0. The first kappa shape index (κ1) is 17.3. The van der Waals surface area contributed by atoms with Crippen LogP contribution in [-0.2, 0) is 14.3 Å². The molecule has 0 radical (unpaired) electrons. The molecular weight excluding hydrogens is 280 g/mol. The molecule has 0 aromatic rings. The first-order valence-corrected chi connectivity index (χ1v) is 8.72. The van der Waals surface area contributed by atoms with Gasteiger partial charge in [-0.1, -0.05) is 6.92 Å². The molecule has 0 saturated carbocycles. The lowest BCUT2D eigenvalue weighted by atomic mass is 9.93.